The summed E-state index contributed by atoms with van der Waals surface area (Å²) in [5, 5.41) is 23.3. The Hall–Kier alpha value is -3.88. The zero-order valence-corrected chi connectivity index (χ0v) is 17.6. The number of benzene rings is 2. The van der Waals surface area contributed by atoms with Crippen molar-refractivity contribution in [2.75, 3.05) is 0 Å². The summed E-state index contributed by atoms with van der Waals surface area (Å²) in [6, 6.07) is 13.0. The van der Waals surface area contributed by atoms with Crippen LogP contribution < -0.4 is 10.6 Å². The minimum Gasteiger partial charge on any atom is -0.508 e. The quantitative estimate of drug-likeness (QED) is 0.406. The van der Waals surface area contributed by atoms with Crippen molar-refractivity contribution in [3.8, 4) is 5.75 Å². The maximum Gasteiger partial charge on any atom is 0.408 e. The van der Waals surface area contributed by atoms with Gasteiger partial charge in [-0.1, -0.05) is 49.9 Å². The molecule has 0 saturated heterocycles. The normalized spacial score (nSPS) is 11.9. The maximum atomic E-state index is 12.8. The van der Waals surface area contributed by atoms with E-state index in [-0.39, 0.29) is 44.8 Å². The Labute approximate surface area is 192 Å². The van der Waals surface area contributed by atoms with Crippen LogP contribution >= 0.6 is 0 Å². The number of carboxylic acids is 1. The Kier molecular flexibility index (Phi) is 11.1. The largest absolute Gasteiger partial charge is 0.508 e. The van der Waals surface area contributed by atoms with Gasteiger partial charge in [0.2, 0.25) is 5.91 Å². The lowest BCUT2D eigenvalue weighted by Gasteiger charge is -2.22. The van der Waals surface area contributed by atoms with E-state index in [0.717, 1.165) is 5.56 Å². The smallest absolute Gasteiger partial charge is 0.408 e. The first-order valence-electron chi connectivity index (χ1n) is 10.0. The molecule has 0 aliphatic rings. The number of Topliss-reactive ketones (excluding diaryl/α,β-unsaturated/α-hetero) is 1. The maximum absolute atomic E-state index is 12.8. The summed E-state index contributed by atoms with van der Waals surface area (Å²) < 4.78 is 5.11. The van der Waals surface area contributed by atoms with Gasteiger partial charge >= 0.3 is 12.1 Å². The molecule has 0 spiro atoms. The van der Waals surface area contributed by atoms with Gasteiger partial charge in [-0.25, -0.2) is 4.79 Å². The molecule has 2 aromatic rings. The van der Waals surface area contributed by atoms with E-state index in [0.29, 0.717) is 5.56 Å². The molecule has 0 radical (unpaired) electrons. The number of ketones is 1. The van der Waals surface area contributed by atoms with Crippen molar-refractivity contribution in [3.63, 3.8) is 0 Å². The van der Waals surface area contributed by atoms with Crippen LogP contribution in [0.5, 0.6) is 5.75 Å². The van der Waals surface area contributed by atoms with Crippen LogP contribution in [0.3, 0.4) is 0 Å². The van der Waals surface area contributed by atoms with E-state index in [1.165, 1.54) is 19.1 Å². The number of aliphatic carboxylic acids is 1. The molecule has 2 amide bonds. The third-order valence-electron chi connectivity index (χ3n) is 4.65. The Morgan fingerprint density at radius 1 is 0.909 bits per heavy atom. The second-order valence-electron chi connectivity index (χ2n) is 7.23. The average molecular weight is 459 g/mol. The van der Waals surface area contributed by atoms with Gasteiger partial charge in [-0.05, 0) is 43.0 Å². The number of phenolic OH excluding ortho intramolecular Hbond substituents is 1. The van der Waals surface area contributed by atoms with Gasteiger partial charge in [0.05, 0.1) is 6.04 Å². The molecular weight excluding hydrogens is 428 g/mol. The van der Waals surface area contributed by atoms with Crippen molar-refractivity contribution >= 4 is 23.8 Å². The summed E-state index contributed by atoms with van der Waals surface area (Å²) >= 11 is 0. The van der Waals surface area contributed by atoms with Gasteiger partial charge in [0.25, 0.3) is 0 Å². The van der Waals surface area contributed by atoms with Crippen molar-refractivity contribution in [1.82, 2.24) is 10.6 Å². The molecule has 0 fully saturated rings. The minimum atomic E-state index is -1.20. The van der Waals surface area contributed by atoms with Crippen LogP contribution in [0, 0.1) is 0 Å². The number of nitrogens with one attached hydrogen (secondary N) is 2. The predicted molar refractivity (Wildman–Crippen MR) is 122 cm³/mol. The summed E-state index contributed by atoms with van der Waals surface area (Å²) in [4.78, 5) is 47.9. The first-order valence-corrected chi connectivity index (χ1v) is 10.0. The molecule has 0 heterocycles. The molecule has 9 heteroatoms. The number of aromatic hydroxyl groups is 1. The Bertz CT molecular complexity index is 930. The first kappa shape index (κ1) is 27.2. The number of hydrogen-bond acceptors (Lipinski definition) is 6. The zero-order valence-electron chi connectivity index (χ0n) is 17.6. The molecule has 0 aromatic heterocycles. The van der Waals surface area contributed by atoms with Crippen molar-refractivity contribution in [2.45, 2.75) is 52.3 Å². The standard InChI is InChI=1S/C23H26N2O7.CH4/c1-15(26)20(13-16-7-9-18(27)10-8-16)24-22(30)19(11-12-21(28)29)25-23(31)32-14-17-5-3-2-4-6-17;/h2-10,19-20,27H,11-14H2,1H3,(H,24,30)(H,25,31)(H,28,29);1H4/t19-,20+;/m1./s1. The van der Waals surface area contributed by atoms with Gasteiger partial charge in [0, 0.05) is 6.42 Å². The molecule has 0 saturated carbocycles. The van der Waals surface area contributed by atoms with E-state index in [1.54, 1.807) is 36.4 Å². The highest BCUT2D eigenvalue weighted by Gasteiger charge is 2.26. The zero-order chi connectivity index (χ0) is 23.5. The Morgan fingerprint density at radius 3 is 2.12 bits per heavy atom. The molecule has 2 atom stereocenters. The van der Waals surface area contributed by atoms with E-state index in [1.807, 2.05) is 6.07 Å². The molecular formula is C24H30N2O7. The SMILES string of the molecule is C.CC(=O)[C@H](Cc1ccc(O)cc1)NC(=O)[C@@H](CCC(=O)O)NC(=O)OCc1ccccc1. The van der Waals surface area contributed by atoms with Crippen molar-refractivity contribution in [1.29, 1.82) is 0 Å². The molecule has 0 unspecified atom stereocenters. The summed E-state index contributed by atoms with van der Waals surface area (Å²) in [5.41, 5.74) is 1.46. The number of phenols is 1. The predicted octanol–water partition coefficient (Wildman–Crippen LogP) is 2.80. The van der Waals surface area contributed by atoms with E-state index < -0.39 is 30.1 Å². The van der Waals surface area contributed by atoms with Crippen molar-refractivity contribution in [2.24, 2.45) is 0 Å². The van der Waals surface area contributed by atoms with Crippen LogP contribution in [0.2, 0.25) is 0 Å². The molecule has 33 heavy (non-hydrogen) atoms. The molecule has 0 aliphatic heterocycles. The van der Waals surface area contributed by atoms with Crippen LogP contribution in [0.25, 0.3) is 0 Å². The van der Waals surface area contributed by atoms with Crippen molar-refractivity contribution < 1.29 is 34.1 Å². The van der Waals surface area contributed by atoms with Crippen LogP contribution in [0.4, 0.5) is 4.79 Å². The first-order chi connectivity index (χ1) is 15.2. The molecule has 0 aliphatic carbocycles. The third-order valence-corrected chi connectivity index (χ3v) is 4.65. The average Bonchev–Trinajstić information content (AvgIpc) is 2.76. The van der Waals surface area contributed by atoms with E-state index in [4.69, 9.17) is 9.84 Å². The molecule has 178 valence electrons. The van der Waals surface area contributed by atoms with E-state index in [2.05, 4.69) is 10.6 Å². The number of alkyl carbamates (subject to hydrolysis) is 1. The molecule has 2 aromatic carbocycles. The lowest BCUT2D eigenvalue weighted by atomic mass is 10.0. The fourth-order valence-corrected chi connectivity index (χ4v) is 2.88. The Morgan fingerprint density at radius 2 is 1.55 bits per heavy atom. The van der Waals surface area contributed by atoms with Crippen LogP contribution in [0.1, 0.15) is 38.3 Å². The number of rotatable bonds is 11. The van der Waals surface area contributed by atoms with Gasteiger partial charge < -0.3 is 25.6 Å². The number of carbonyl (C=O) groups excluding carboxylic acids is 3. The molecule has 2 rings (SSSR count). The lowest BCUT2D eigenvalue weighted by molar-refractivity contribution is -0.137. The third kappa shape index (κ3) is 9.86. The number of ether oxygens (including phenoxy) is 1. The Balaban J connectivity index is 0.00000544. The van der Waals surface area contributed by atoms with Crippen LogP contribution in [0.15, 0.2) is 54.6 Å². The highest BCUT2D eigenvalue weighted by atomic mass is 16.5. The number of hydrogen-bond donors (Lipinski definition) is 4. The molecule has 9 nitrogen and oxygen atoms in total. The van der Waals surface area contributed by atoms with Crippen LogP contribution in [-0.4, -0.2) is 46.0 Å². The van der Waals surface area contributed by atoms with Crippen LogP contribution in [-0.2, 0) is 32.1 Å². The van der Waals surface area contributed by atoms with Gasteiger partial charge in [0.15, 0.2) is 5.78 Å². The lowest BCUT2D eigenvalue weighted by Crippen LogP contribution is -2.52. The summed E-state index contributed by atoms with van der Waals surface area (Å²) in [6.45, 7) is 1.30. The fraction of sp³-hybridized carbons (Fsp3) is 0.333. The summed E-state index contributed by atoms with van der Waals surface area (Å²) in [7, 11) is 0. The topological polar surface area (TPSA) is 142 Å². The van der Waals surface area contributed by atoms with Gasteiger partial charge in [-0.2, -0.15) is 0 Å². The van der Waals surface area contributed by atoms with Gasteiger partial charge in [0.1, 0.15) is 18.4 Å². The summed E-state index contributed by atoms with van der Waals surface area (Å²) in [6.07, 6.45) is -1.24. The summed E-state index contributed by atoms with van der Waals surface area (Å²) in [5.74, 6) is -2.06. The highest BCUT2D eigenvalue weighted by molar-refractivity contribution is 5.91. The van der Waals surface area contributed by atoms with E-state index >= 15 is 0 Å². The van der Waals surface area contributed by atoms with Crippen molar-refractivity contribution in [3.05, 3.63) is 65.7 Å². The highest BCUT2D eigenvalue weighted by Crippen LogP contribution is 2.12. The molecule has 4 N–H and O–H groups in total. The second-order valence-corrected chi connectivity index (χ2v) is 7.23. The van der Waals surface area contributed by atoms with E-state index in [9.17, 15) is 24.3 Å². The number of carboxylic acid groups (broad SMARTS) is 1. The number of amides is 2. The minimum absolute atomic E-state index is 0. The van der Waals surface area contributed by atoms with Gasteiger partial charge in [-0.3, -0.25) is 14.4 Å². The second kappa shape index (κ2) is 13.5. The number of carbonyl (C=O) groups is 4. The monoisotopic (exact) mass is 458 g/mol. The van der Waals surface area contributed by atoms with Gasteiger partial charge in [-0.15, -0.1) is 0 Å². The fourth-order valence-electron chi connectivity index (χ4n) is 2.88. The molecule has 0 bridgehead atoms.